The molecule has 1 nitrogen and oxygen atoms in total. The lowest BCUT2D eigenvalue weighted by Crippen LogP contribution is -2.36. The molecule has 18 heavy (non-hydrogen) atoms. The van der Waals surface area contributed by atoms with Crippen LogP contribution in [-0.2, 0) is 0 Å². The molecule has 0 aromatic heterocycles. The standard InChI is InChI=1S/C16H22ClN/c1-2-15(12-5-7-14(17)8-6-12)18-16-10-11-3-4-13(16)9-11/h5-8,11,13,15-16,18H,2-4,9-10H2,1H3. The molecule has 98 valence electrons. The lowest BCUT2D eigenvalue weighted by Gasteiger charge is -2.28. The normalized spacial score (nSPS) is 31.8. The van der Waals surface area contributed by atoms with Crippen molar-refractivity contribution >= 4 is 11.6 Å². The number of rotatable bonds is 4. The molecule has 0 amide bonds. The Morgan fingerprint density at radius 3 is 2.56 bits per heavy atom. The molecule has 1 aromatic rings. The average molecular weight is 264 g/mol. The van der Waals surface area contributed by atoms with Crippen molar-refractivity contribution in [3.63, 3.8) is 0 Å². The minimum atomic E-state index is 0.492. The van der Waals surface area contributed by atoms with Crippen molar-refractivity contribution < 1.29 is 0 Å². The minimum absolute atomic E-state index is 0.492. The maximum atomic E-state index is 5.96. The summed E-state index contributed by atoms with van der Waals surface area (Å²) < 4.78 is 0. The van der Waals surface area contributed by atoms with Crippen molar-refractivity contribution in [1.82, 2.24) is 5.32 Å². The third kappa shape index (κ3) is 2.44. The molecule has 2 saturated carbocycles. The maximum absolute atomic E-state index is 5.96. The molecule has 1 aromatic carbocycles. The van der Waals surface area contributed by atoms with Gasteiger partial charge in [0.1, 0.15) is 0 Å². The van der Waals surface area contributed by atoms with E-state index in [1.54, 1.807) is 0 Å². The van der Waals surface area contributed by atoms with Crippen molar-refractivity contribution in [2.24, 2.45) is 11.8 Å². The smallest absolute Gasteiger partial charge is 0.0406 e. The van der Waals surface area contributed by atoms with E-state index in [0.717, 1.165) is 29.3 Å². The monoisotopic (exact) mass is 263 g/mol. The number of nitrogens with one attached hydrogen (secondary N) is 1. The second kappa shape index (κ2) is 5.22. The fourth-order valence-electron chi connectivity index (χ4n) is 3.85. The molecular formula is C16H22ClN. The molecule has 2 fully saturated rings. The Balaban J connectivity index is 1.67. The first-order valence-electron chi connectivity index (χ1n) is 7.27. The Hall–Kier alpha value is -0.530. The number of halogens is 1. The molecule has 1 N–H and O–H groups in total. The molecule has 0 spiro atoms. The first kappa shape index (κ1) is 12.5. The largest absolute Gasteiger partial charge is 0.307 e. The van der Waals surface area contributed by atoms with Crippen LogP contribution >= 0.6 is 11.6 Å². The lowest BCUT2D eigenvalue weighted by molar-refractivity contribution is 0.315. The molecule has 0 heterocycles. The first-order chi connectivity index (χ1) is 8.76. The molecule has 2 aliphatic rings. The minimum Gasteiger partial charge on any atom is -0.307 e. The van der Waals surface area contributed by atoms with Gasteiger partial charge in [0.15, 0.2) is 0 Å². The number of hydrogen-bond donors (Lipinski definition) is 1. The summed E-state index contributed by atoms with van der Waals surface area (Å²) in [5.74, 6) is 1.95. The van der Waals surface area contributed by atoms with E-state index in [-0.39, 0.29) is 0 Å². The Bertz CT molecular complexity index is 400. The van der Waals surface area contributed by atoms with E-state index in [9.17, 15) is 0 Å². The molecule has 0 aliphatic heterocycles. The predicted octanol–water partition coefficient (Wildman–Crippen LogP) is 4.57. The maximum Gasteiger partial charge on any atom is 0.0406 e. The van der Waals surface area contributed by atoms with Crippen molar-refractivity contribution in [2.75, 3.05) is 0 Å². The second-order valence-electron chi connectivity index (χ2n) is 5.96. The molecule has 4 atom stereocenters. The summed E-state index contributed by atoms with van der Waals surface area (Å²) in [6, 6.07) is 9.58. The molecule has 0 saturated heterocycles. The van der Waals surface area contributed by atoms with Crippen LogP contribution in [0.2, 0.25) is 5.02 Å². The Kier molecular flexibility index (Phi) is 3.63. The molecule has 2 heteroatoms. The highest BCUT2D eigenvalue weighted by molar-refractivity contribution is 6.30. The predicted molar refractivity (Wildman–Crippen MR) is 76.9 cm³/mol. The van der Waals surface area contributed by atoms with E-state index in [1.165, 1.54) is 31.2 Å². The number of fused-ring (bicyclic) bond motifs is 2. The van der Waals surface area contributed by atoms with Crippen LogP contribution in [0.15, 0.2) is 24.3 Å². The zero-order valence-corrected chi connectivity index (χ0v) is 11.8. The quantitative estimate of drug-likeness (QED) is 0.839. The Labute approximate surface area is 115 Å². The topological polar surface area (TPSA) is 12.0 Å². The SMILES string of the molecule is CCC(NC1CC2CCC1C2)c1ccc(Cl)cc1. The first-order valence-corrected chi connectivity index (χ1v) is 7.65. The van der Waals surface area contributed by atoms with E-state index >= 15 is 0 Å². The van der Waals surface area contributed by atoms with E-state index in [4.69, 9.17) is 11.6 Å². The summed E-state index contributed by atoms with van der Waals surface area (Å²) in [5, 5.41) is 4.72. The fourth-order valence-corrected chi connectivity index (χ4v) is 3.98. The van der Waals surface area contributed by atoms with Crippen molar-refractivity contribution in [3.05, 3.63) is 34.9 Å². The van der Waals surface area contributed by atoms with Crippen LogP contribution in [0.4, 0.5) is 0 Å². The molecule has 3 rings (SSSR count). The Morgan fingerprint density at radius 2 is 2.00 bits per heavy atom. The van der Waals surface area contributed by atoms with E-state index < -0.39 is 0 Å². The summed E-state index contributed by atoms with van der Waals surface area (Å²) in [6.45, 7) is 2.26. The van der Waals surface area contributed by atoms with E-state index in [2.05, 4.69) is 24.4 Å². The number of hydrogen-bond acceptors (Lipinski definition) is 1. The van der Waals surface area contributed by atoms with Crippen molar-refractivity contribution in [2.45, 2.75) is 51.1 Å². The van der Waals surface area contributed by atoms with Crippen LogP contribution in [-0.4, -0.2) is 6.04 Å². The zero-order valence-electron chi connectivity index (χ0n) is 11.0. The lowest BCUT2D eigenvalue weighted by atomic mass is 9.93. The van der Waals surface area contributed by atoms with Gasteiger partial charge in [-0.05, 0) is 55.2 Å². The summed E-state index contributed by atoms with van der Waals surface area (Å²) in [6.07, 6.45) is 6.93. The van der Waals surface area contributed by atoms with Gasteiger partial charge in [0.2, 0.25) is 0 Å². The van der Waals surface area contributed by atoms with Gasteiger partial charge >= 0.3 is 0 Å². The van der Waals surface area contributed by atoms with Gasteiger partial charge in [0.25, 0.3) is 0 Å². The van der Waals surface area contributed by atoms with Gasteiger partial charge in [-0.2, -0.15) is 0 Å². The summed E-state index contributed by atoms with van der Waals surface area (Å²) in [5.41, 5.74) is 1.38. The van der Waals surface area contributed by atoms with Crippen LogP contribution in [0, 0.1) is 11.8 Å². The van der Waals surface area contributed by atoms with Gasteiger partial charge in [0.05, 0.1) is 0 Å². The third-order valence-electron chi connectivity index (χ3n) is 4.83. The molecular weight excluding hydrogens is 242 g/mol. The van der Waals surface area contributed by atoms with Crippen molar-refractivity contribution in [3.8, 4) is 0 Å². The summed E-state index contributed by atoms with van der Waals surface area (Å²) in [7, 11) is 0. The zero-order chi connectivity index (χ0) is 12.5. The van der Waals surface area contributed by atoms with E-state index in [1.807, 2.05) is 12.1 Å². The van der Waals surface area contributed by atoms with E-state index in [0.29, 0.717) is 6.04 Å². The van der Waals surface area contributed by atoms with Crippen LogP contribution in [0.3, 0.4) is 0 Å². The van der Waals surface area contributed by atoms with Gasteiger partial charge in [0, 0.05) is 17.1 Å². The van der Waals surface area contributed by atoms with Gasteiger partial charge < -0.3 is 5.32 Å². The van der Waals surface area contributed by atoms with Gasteiger partial charge in [-0.25, -0.2) is 0 Å². The third-order valence-corrected chi connectivity index (χ3v) is 5.09. The average Bonchev–Trinajstić information content (AvgIpc) is 2.99. The molecule has 2 bridgehead atoms. The number of benzene rings is 1. The van der Waals surface area contributed by atoms with Crippen LogP contribution in [0.25, 0.3) is 0 Å². The highest BCUT2D eigenvalue weighted by Crippen LogP contribution is 2.45. The van der Waals surface area contributed by atoms with Gasteiger partial charge in [-0.15, -0.1) is 0 Å². The second-order valence-corrected chi connectivity index (χ2v) is 6.40. The van der Waals surface area contributed by atoms with Crippen LogP contribution in [0.5, 0.6) is 0 Å². The van der Waals surface area contributed by atoms with Crippen LogP contribution in [0.1, 0.15) is 50.6 Å². The fraction of sp³-hybridized carbons (Fsp3) is 0.625. The summed E-state index contributed by atoms with van der Waals surface area (Å²) in [4.78, 5) is 0. The highest BCUT2D eigenvalue weighted by atomic mass is 35.5. The van der Waals surface area contributed by atoms with Gasteiger partial charge in [-0.1, -0.05) is 37.1 Å². The van der Waals surface area contributed by atoms with Crippen LogP contribution < -0.4 is 5.32 Å². The molecule has 2 aliphatic carbocycles. The van der Waals surface area contributed by atoms with Gasteiger partial charge in [-0.3, -0.25) is 0 Å². The summed E-state index contributed by atoms with van der Waals surface area (Å²) >= 11 is 5.96. The van der Waals surface area contributed by atoms with Crippen molar-refractivity contribution in [1.29, 1.82) is 0 Å². The highest BCUT2D eigenvalue weighted by Gasteiger charge is 2.39. The molecule has 4 unspecified atom stereocenters. The Morgan fingerprint density at radius 1 is 1.22 bits per heavy atom. The molecule has 0 radical (unpaired) electrons.